The van der Waals surface area contributed by atoms with Gasteiger partial charge >= 0.3 is 5.97 Å². The summed E-state index contributed by atoms with van der Waals surface area (Å²) in [6.45, 7) is 6.52. The topological polar surface area (TPSA) is 183 Å². The zero-order chi connectivity index (χ0) is 33.6. The number of amides is 4. The first-order chi connectivity index (χ1) is 21.5. The molecule has 12 nitrogen and oxygen atoms in total. The minimum absolute atomic E-state index is 0.114. The van der Waals surface area contributed by atoms with Gasteiger partial charge in [-0.2, -0.15) is 11.8 Å². The maximum atomic E-state index is 12.9. The molecule has 0 bridgehead atoms. The van der Waals surface area contributed by atoms with Crippen molar-refractivity contribution in [1.29, 1.82) is 0 Å². The molecule has 252 valence electrons. The minimum Gasteiger partial charge on any atom is -0.480 e. The Labute approximate surface area is 271 Å². The summed E-state index contributed by atoms with van der Waals surface area (Å²) in [7, 11) is 0. The molecule has 0 aromatic heterocycles. The van der Waals surface area contributed by atoms with Crippen molar-refractivity contribution < 1.29 is 33.9 Å². The van der Waals surface area contributed by atoms with Crippen molar-refractivity contribution in [3.63, 3.8) is 0 Å². The van der Waals surface area contributed by atoms with Crippen molar-refractivity contribution in [2.75, 3.05) is 25.1 Å². The number of hydrogen-bond acceptors (Lipinski definition) is 8. The van der Waals surface area contributed by atoms with E-state index in [2.05, 4.69) is 26.6 Å². The number of thioether (sulfide) groups is 1. The second-order valence-corrected chi connectivity index (χ2v) is 12.1. The fourth-order valence-electron chi connectivity index (χ4n) is 4.21. The Bertz CT molecular complexity index is 1100. The zero-order valence-electron chi connectivity index (χ0n) is 27.0. The first-order valence-corrected chi connectivity index (χ1v) is 17.1. The first kappa shape index (κ1) is 39.6. The Balaban J connectivity index is 2.48. The molecule has 0 saturated heterocycles. The summed E-state index contributed by atoms with van der Waals surface area (Å²) >= 11 is 1.52. The third-order valence-corrected chi connectivity index (χ3v) is 7.61. The molecular weight excluding hydrogens is 598 g/mol. The van der Waals surface area contributed by atoms with Gasteiger partial charge < -0.3 is 31.7 Å². The predicted molar refractivity (Wildman–Crippen MR) is 176 cm³/mol. The number of hydrogen-bond donors (Lipinski definition) is 6. The molecule has 0 radical (unpaired) electrons. The largest absolute Gasteiger partial charge is 0.480 e. The molecule has 0 aliphatic heterocycles. The summed E-state index contributed by atoms with van der Waals surface area (Å²) in [5.41, 5.74) is 1.44. The van der Waals surface area contributed by atoms with Crippen molar-refractivity contribution in [2.24, 2.45) is 0 Å². The van der Waals surface area contributed by atoms with E-state index in [4.69, 9.17) is 0 Å². The van der Waals surface area contributed by atoms with Crippen molar-refractivity contribution in [3.05, 3.63) is 35.4 Å². The summed E-state index contributed by atoms with van der Waals surface area (Å²) in [6, 6.07) is 5.41. The molecular formula is C32H51N5O7S. The Hall–Kier alpha value is -3.45. The van der Waals surface area contributed by atoms with Crippen LogP contribution in [0.25, 0.3) is 0 Å². The van der Waals surface area contributed by atoms with Crippen LogP contribution in [0.3, 0.4) is 0 Å². The molecule has 0 saturated carbocycles. The molecule has 13 heteroatoms. The number of nitrogens with one attached hydrogen (secondary N) is 5. The average molecular weight is 650 g/mol. The van der Waals surface area contributed by atoms with Crippen LogP contribution in [0.1, 0.15) is 94.5 Å². The second-order valence-electron chi connectivity index (χ2n) is 11.2. The van der Waals surface area contributed by atoms with Crippen LogP contribution in [0.2, 0.25) is 0 Å². The Morgan fingerprint density at radius 2 is 1.51 bits per heavy atom. The molecule has 0 spiro atoms. The van der Waals surface area contributed by atoms with Crippen molar-refractivity contribution in [2.45, 2.75) is 103 Å². The third kappa shape index (κ3) is 18.2. The number of rotatable bonds is 24. The quantitative estimate of drug-likeness (QED) is 0.0917. The van der Waals surface area contributed by atoms with Gasteiger partial charge in [0.25, 0.3) is 5.91 Å². The van der Waals surface area contributed by atoms with E-state index in [1.54, 1.807) is 12.1 Å². The standard InChI is InChI=1S/C32H51N5O7S/c1-5-25(38)10-6-7-12-28(39)33-18-9-8-11-27(32(43)44)36-29(40)21-35-31(42)26(17-19-45-4)37-30(41)24-15-13-23(14-16-24)20-34-22(2)3/h13-16,22,26-27,34H,5-12,17-21H2,1-4H3,(H,33,39)(H,35,42)(H,36,40)(H,37,41)(H,43,44). The van der Waals surface area contributed by atoms with Gasteiger partial charge in [-0.3, -0.25) is 24.0 Å². The fraction of sp³-hybridized carbons (Fsp3) is 0.625. The van der Waals surface area contributed by atoms with E-state index in [-0.39, 0.29) is 18.1 Å². The van der Waals surface area contributed by atoms with Crippen molar-refractivity contribution in [3.8, 4) is 0 Å². The van der Waals surface area contributed by atoms with Gasteiger partial charge in [-0.05, 0) is 68.2 Å². The monoisotopic (exact) mass is 649 g/mol. The van der Waals surface area contributed by atoms with Gasteiger partial charge in [0, 0.05) is 44.0 Å². The van der Waals surface area contributed by atoms with E-state index in [0.717, 1.165) is 5.56 Å². The zero-order valence-corrected chi connectivity index (χ0v) is 27.9. The molecule has 2 atom stereocenters. The Morgan fingerprint density at radius 1 is 0.822 bits per heavy atom. The summed E-state index contributed by atoms with van der Waals surface area (Å²) < 4.78 is 0. The highest BCUT2D eigenvalue weighted by molar-refractivity contribution is 7.98. The maximum Gasteiger partial charge on any atom is 0.326 e. The molecule has 0 fully saturated rings. The molecule has 1 rings (SSSR count). The number of carboxylic acid groups (broad SMARTS) is 1. The van der Waals surface area contributed by atoms with E-state index in [1.807, 2.05) is 39.2 Å². The number of benzene rings is 1. The lowest BCUT2D eigenvalue weighted by Gasteiger charge is -2.19. The van der Waals surface area contributed by atoms with Crippen LogP contribution in [0, 0.1) is 0 Å². The Morgan fingerprint density at radius 3 is 2.13 bits per heavy atom. The van der Waals surface area contributed by atoms with E-state index >= 15 is 0 Å². The first-order valence-electron chi connectivity index (χ1n) is 15.7. The smallest absolute Gasteiger partial charge is 0.326 e. The number of Topliss-reactive ketones (excluding diaryl/α,β-unsaturated/α-hetero) is 1. The summed E-state index contributed by atoms with van der Waals surface area (Å²) in [5.74, 6) is -2.13. The second kappa shape index (κ2) is 23.0. The molecule has 0 aliphatic carbocycles. The van der Waals surface area contributed by atoms with Crippen LogP contribution in [0.15, 0.2) is 24.3 Å². The lowest BCUT2D eigenvalue weighted by molar-refractivity contribution is -0.142. The highest BCUT2D eigenvalue weighted by Gasteiger charge is 2.23. The van der Waals surface area contributed by atoms with Crippen LogP contribution < -0.4 is 26.6 Å². The molecule has 45 heavy (non-hydrogen) atoms. The average Bonchev–Trinajstić information content (AvgIpc) is 3.01. The SMILES string of the molecule is CCC(=O)CCCCC(=O)NCCCCC(NC(=O)CNC(=O)C(CCSC)NC(=O)c1ccc(CNC(C)C)cc1)C(=O)O. The lowest BCUT2D eigenvalue weighted by Crippen LogP contribution is -2.51. The molecule has 1 aromatic carbocycles. The van der Waals surface area contributed by atoms with Gasteiger partial charge in [0.05, 0.1) is 6.54 Å². The van der Waals surface area contributed by atoms with E-state index in [0.29, 0.717) is 81.8 Å². The molecule has 6 N–H and O–H groups in total. The fourth-order valence-corrected chi connectivity index (χ4v) is 4.68. The Kier molecular flexibility index (Phi) is 20.2. The highest BCUT2D eigenvalue weighted by atomic mass is 32.2. The van der Waals surface area contributed by atoms with E-state index in [9.17, 15) is 33.9 Å². The van der Waals surface area contributed by atoms with Gasteiger partial charge in [-0.25, -0.2) is 4.79 Å². The number of ketones is 1. The number of aliphatic carboxylic acids is 1. The molecule has 0 aliphatic rings. The van der Waals surface area contributed by atoms with Crippen LogP contribution in [0.4, 0.5) is 0 Å². The normalized spacial score (nSPS) is 12.2. The van der Waals surface area contributed by atoms with Crippen LogP contribution in [-0.2, 0) is 30.5 Å². The van der Waals surface area contributed by atoms with Gasteiger partial charge in [0.15, 0.2) is 0 Å². The van der Waals surface area contributed by atoms with E-state index in [1.165, 1.54) is 11.8 Å². The summed E-state index contributed by atoms with van der Waals surface area (Å²) in [4.78, 5) is 73.1. The molecule has 1 aromatic rings. The summed E-state index contributed by atoms with van der Waals surface area (Å²) in [5, 5.41) is 23.3. The number of carboxylic acids is 1. The van der Waals surface area contributed by atoms with Crippen LogP contribution in [0.5, 0.6) is 0 Å². The van der Waals surface area contributed by atoms with Crippen molar-refractivity contribution >= 4 is 47.1 Å². The van der Waals surface area contributed by atoms with Crippen molar-refractivity contribution in [1.82, 2.24) is 26.6 Å². The molecule has 2 unspecified atom stereocenters. The number of carbonyl (C=O) groups excluding carboxylic acids is 5. The van der Waals surface area contributed by atoms with Gasteiger partial charge in [-0.15, -0.1) is 0 Å². The van der Waals surface area contributed by atoms with E-state index < -0.39 is 42.3 Å². The predicted octanol–water partition coefficient (Wildman–Crippen LogP) is 2.55. The number of unbranched alkanes of at least 4 members (excludes halogenated alkanes) is 2. The van der Waals surface area contributed by atoms with Crippen LogP contribution >= 0.6 is 11.8 Å². The maximum absolute atomic E-state index is 12.9. The van der Waals surface area contributed by atoms with Gasteiger partial charge in [-0.1, -0.05) is 32.9 Å². The minimum atomic E-state index is -1.20. The van der Waals surface area contributed by atoms with Crippen LogP contribution in [-0.4, -0.2) is 83.7 Å². The van der Waals surface area contributed by atoms with Gasteiger partial charge in [0.1, 0.15) is 17.9 Å². The molecule has 4 amide bonds. The summed E-state index contributed by atoms with van der Waals surface area (Å²) in [6.07, 6.45) is 6.01. The lowest BCUT2D eigenvalue weighted by atomic mass is 10.1. The highest BCUT2D eigenvalue weighted by Crippen LogP contribution is 2.08. The van der Waals surface area contributed by atoms with Gasteiger partial charge in [0.2, 0.25) is 17.7 Å². The number of carbonyl (C=O) groups is 6. The third-order valence-electron chi connectivity index (χ3n) is 6.97. The molecule has 0 heterocycles.